The van der Waals surface area contributed by atoms with Crippen molar-refractivity contribution < 1.29 is 9.18 Å². The van der Waals surface area contributed by atoms with Crippen LogP contribution in [0.4, 0.5) is 20.9 Å². The van der Waals surface area contributed by atoms with Crippen LogP contribution in [-0.2, 0) is 4.79 Å². The summed E-state index contributed by atoms with van der Waals surface area (Å²) in [5, 5.41) is 8.69. The van der Waals surface area contributed by atoms with Crippen molar-refractivity contribution in [2.75, 3.05) is 10.6 Å². The fourth-order valence-electron chi connectivity index (χ4n) is 2.09. The maximum Gasteiger partial charge on any atom is 0.224 e. The first-order valence-electron chi connectivity index (χ1n) is 7.52. The Morgan fingerprint density at radius 2 is 1.75 bits per heavy atom. The van der Waals surface area contributed by atoms with E-state index >= 15 is 0 Å². The van der Waals surface area contributed by atoms with Crippen molar-refractivity contribution in [2.45, 2.75) is 13.3 Å². The molecule has 3 rings (SSSR count). The summed E-state index contributed by atoms with van der Waals surface area (Å²) in [6.07, 6.45) is 0.450. The Morgan fingerprint density at radius 3 is 2.42 bits per heavy atom. The van der Waals surface area contributed by atoms with Crippen LogP contribution in [0, 0.1) is 5.82 Å². The standard InChI is InChI=1S/C18H16FN3OS/c1-2-17(23)20-14-7-9-15(10-8-14)21-18-22-16(11-24-18)12-3-5-13(19)6-4-12/h3-11H,2H2,1H3,(H,20,23)(H,21,22). The number of carbonyl (C=O) groups excluding carboxylic acids is 1. The van der Waals surface area contributed by atoms with Gasteiger partial charge in [-0.1, -0.05) is 6.92 Å². The van der Waals surface area contributed by atoms with Gasteiger partial charge in [-0.3, -0.25) is 4.79 Å². The Balaban J connectivity index is 1.68. The second-order valence-corrected chi connectivity index (χ2v) is 6.01. The number of hydrogen-bond acceptors (Lipinski definition) is 4. The Bertz CT molecular complexity index is 828. The van der Waals surface area contributed by atoms with Gasteiger partial charge >= 0.3 is 0 Å². The Hall–Kier alpha value is -2.73. The third kappa shape index (κ3) is 3.97. The molecule has 122 valence electrons. The smallest absolute Gasteiger partial charge is 0.224 e. The van der Waals surface area contributed by atoms with E-state index in [1.54, 1.807) is 12.1 Å². The summed E-state index contributed by atoms with van der Waals surface area (Å²) < 4.78 is 13.0. The summed E-state index contributed by atoms with van der Waals surface area (Å²) in [7, 11) is 0. The second kappa shape index (κ2) is 7.23. The van der Waals surface area contributed by atoms with E-state index < -0.39 is 0 Å². The number of aromatic nitrogens is 1. The monoisotopic (exact) mass is 341 g/mol. The number of anilines is 3. The first-order chi connectivity index (χ1) is 11.6. The van der Waals surface area contributed by atoms with Gasteiger partial charge in [0.15, 0.2) is 5.13 Å². The highest BCUT2D eigenvalue weighted by molar-refractivity contribution is 7.14. The quantitative estimate of drug-likeness (QED) is 0.683. The van der Waals surface area contributed by atoms with E-state index in [0.717, 1.165) is 27.8 Å². The summed E-state index contributed by atoms with van der Waals surface area (Å²) >= 11 is 1.48. The van der Waals surface area contributed by atoms with Crippen LogP contribution in [0.25, 0.3) is 11.3 Å². The number of carbonyl (C=O) groups is 1. The largest absolute Gasteiger partial charge is 0.332 e. The lowest BCUT2D eigenvalue weighted by atomic mass is 10.2. The Kier molecular flexibility index (Phi) is 4.86. The minimum atomic E-state index is -0.261. The van der Waals surface area contributed by atoms with E-state index in [-0.39, 0.29) is 11.7 Å². The fraction of sp³-hybridized carbons (Fsp3) is 0.111. The molecule has 0 bridgehead atoms. The maximum atomic E-state index is 13.0. The number of amides is 1. The lowest BCUT2D eigenvalue weighted by Gasteiger charge is -2.06. The number of hydrogen-bond donors (Lipinski definition) is 2. The molecule has 1 heterocycles. The van der Waals surface area contributed by atoms with Crippen molar-refractivity contribution in [1.29, 1.82) is 0 Å². The lowest BCUT2D eigenvalue weighted by Crippen LogP contribution is -2.09. The average molecular weight is 341 g/mol. The number of nitrogens with one attached hydrogen (secondary N) is 2. The summed E-state index contributed by atoms with van der Waals surface area (Å²) in [6, 6.07) is 13.7. The molecule has 0 fully saturated rings. The van der Waals surface area contributed by atoms with E-state index in [2.05, 4.69) is 15.6 Å². The van der Waals surface area contributed by atoms with E-state index in [9.17, 15) is 9.18 Å². The number of halogens is 1. The highest BCUT2D eigenvalue weighted by atomic mass is 32.1. The van der Waals surface area contributed by atoms with Crippen molar-refractivity contribution in [3.05, 3.63) is 59.7 Å². The van der Waals surface area contributed by atoms with Crippen LogP contribution >= 0.6 is 11.3 Å². The molecule has 2 N–H and O–H groups in total. The molecule has 0 radical (unpaired) electrons. The molecule has 6 heteroatoms. The summed E-state index contributed by atoms with van der Waals surface area (Å²) in [6.45, 7) is 1.81. The van der Waals surface area contributed by atoms with E-state index in [1.165, 1.54) is 23.5 Å². The molecule has 0 atom stereocenters. The molecule has 24 heavy (non-hydrogen) atoms. The van der Waals surface area contributed by atoms with Gasteiger partial charge in [-0.25, -0.2) is 9.37 Å². The Morgan fingerprint density at radius 1 is 1.08 bits per heavy atom. The van der Waals surface area contributed by atoms with Gasteiger partial charge < -0.3 is 10.6 Å². The summed E-state index contributed by atoms with van der Waals surface area (Å²) in [5.41, 5.74) is 3.32. The molecule has 0 saturated carbocycles. The number of benzene rings is 2. The first kappa shape index (κ1) is 16.1. The molecule has 3 aromatic rings. The predicted octanol–water partition coefficient (Wildman–Crippen LogP) is 5.04. The summed E-state index contributed by atoms with van der Waals surface area (Å²) in [4.78, 5) is 15.9. The molecule has 0 aliphatic rings. The van der Waals surface area contributed by atoms with Gasteiger partial charge in [0.25, 0.3) is 0 Å². The highest BCUT2D eigenvalue weighted by Crippen LogP contribution is 2.27. The molecule has 1 amide bonds. The molecule has 0 aliphatic carbocycles. The van der Waals surface area contributed by atoms with Crippen LogP contribution in [0.1, 0.15) is 13.3 Å². The molecular weight excluding hydrogens is 325 g/mol. The Labute approximate surface area is 143 Å². The highest BCUT2D eigenvalue weighted by Gasteiger charge is 2.05. The van der Waals surface area contributed by atoms with Crippen molar-refractivity contribution in [2.24, 2.45) is 0 Å². The third-order valence-corrected chi connectivity index (χ3v) is 4.14. The third-order valence-electron chi connectivity index (χ3n) is 3.39. The van der Waals surface area contributed by atoms with Crippen molar-refractivity contribution in [3.8, 4) is 11.3 Å². The van der Waals surface area contributed by atoms with Crippen molar-refractivity contribution >= 4 is 33.8 Å². The predicted molar refractivity (Wildman–Crippen MR) is 96.2 cm³/mol. The SMILES string of the molecule is CCC(=O)Nc1ccc(Nc2nc(-c3ccc(F)cc3)cs2)cc1. The van der Waals surface area contributed by atoms with Gasteiger partial charge in [0.1, 0.15) is 5.82 Å². The van der Waals surface area contributed by atoms with Crippen molar-refractivity contribution in [1.82, 2.24) is 4.98 Å². The minimum Gasteiger partial charge on any atom is -0.332 e. The molecule has 4 nitrogen and oxygen atoms in total. The van der Waals surface area contributed by atoms with Crippen molar-refractivity contribution in [3.63, 3.8) is 0 Å². The van der Waals surface area contributed by atoms with Gasteiger partial charge in [0.05, 0.1) is 5.69 Å². The zero-order valence-electron chi connectivity index (χ0n) is 13.0. The van der Waals surface area contributed by atoms with E-state index in [4.69, 9.17) is 0 Å². The van der Waals surface area contributed by atoms with Gasteiger partial charge in [0, 0.05) is 28.7 Å². The topological polar surface area (TPSA) is 54.0 Å². The van der Waals surface area contributed by atoms with E-state index in [0.29, 0.717) is 6.42 Å². The van der Waals surface area contributed by atoms with Crippen LogP contribution in [0.2, 0.25) is 0 Å². The molecule has 1 aromatic heterocycles. The van der Waals surface area contributed by atoms with Crippen LogP contribution < -0.4 is 10.6 Å². The molecule has 0 spiro atoms. The summed E-state index contributed by atoms with van der Waals surface area (Å²) in [5.74, 6) is -0.276. The number of rotatable bonds is 5. The molecule has 0 aliphatic heterocycles. The number of nitrogens with zero attached hydrogens (tertiary/aromatic N) is 1. The van der Waals surface area contributed by atoms with Gasteiger partial charge in [0.2, 0.25) is 5.91 Å². The van der Waals surface area contributed by atoms with Crippen LogP contribution in [0.15, 0.2) is 53.9 Å². The minimum absolute atomic E-state index is 0.0143. The molecule has 2 aromatic carbocycles. The molecule has 0 unspecified atom stereocenters. The van der Waals surface area contributed by atoms with E-state index in [1.807, 2.05) is 36.6 Å². The second-order valence-electron chi connectivity index (χ2n) is 5.15. The zero-order valence-corrected chi connectivity index (χ0v) is 13.9. The number of thiazole rings is 1. The normalized spacial score (nSPS) is 10.4. The average Bonchev–Trinajstić information content (AvgIpc) is 3.05. The lowest BCUT2D eigenvalue weighted by molar-refractivity contribution is -0.115. The fourth-order valence-corrected chi connectivity index (χ4v) is 2.83. The van der Waals surface area contributed by atoms with Crippen LogP contribution in [-0.4, -0.2) is 10.9 Å². The zero-order chi connectivity index (χ0) is 16.9. The molecule has 0 saturated heterocycles. The van der Waals surface area contributed by atoms with Gasteiger partial charge in [-0.15, -0.1) is 11.3 Å². The van der Waals surface area contributed by atoms with Crippen LogP contribution in [0.3, 0.4) is 0 Å². The van der Waals surface area contributed by atoms with Gasteiger partial charge in [-0.2, -0.15) is 0 Å². The maximum absolute atomic E-state index is 13.0. The van der Waals surface area contributed by atoms with Crippen LogP contribution in [0.5, 0.6) is 0 Å². The first-order valence-corrected chi connectivity index (χ1v) is 8.40. The van der Waals surface area contributed by atoms with Gasteiger partial charge in [-0.05, 0) is 48.5 Å². The molecular formula is C18H16FN3OS.